The first-order valence-corrected chi connectivity index (χ1v) is 8.84. The Balaban J connectivity index is 1.39. The van der Waals surface area contributed by atoms with Crippen molar-refractivity contribution in [3.8, 4) is 0 Å². The Labute approximate surface area is 151 Å². The van der Waals surface area contributed by atoms with Gasteiger partial charge in [0, 0.05) is 30.4 Å². The van der Waals surface area contributed by atoms with E-state index < -0.39 is 0 Å². The summed E-state index contributed by atoms with van der Waals surface area (Å²) in [6.07, 6.45) is 2.81. The van der Waals surface area contributed by atoms with E-state index in [0.717, 1.165) is 36.1 Å². The molecule has 5 nitrogen and oxygen atoms in total. The number of fused-ring (bicyclic) bond motifs is 1. The van der Waals surface area contributed by atoms with Crippen LogP contribution in [-0.2, 0) is 17.8 Å². The molecular weight excluding hydrogens is 333 g/mol. The highest BCUT2D eigenvalue weighted by Gasteiger charge is 2.36. The third kappa shape index (κ3) is 3.54. The number of nitrogens with zero attached hydrogens (tertiary/aromatic N) is 1. The molecule has 0 spiro atoms. The molecule has 1 aliphatic carbocycles. The lowest BCUT2D eigenvalue weighted by Crippen LogP contribution is -2.30. The van der Waals surface area contributed by atoms with Crippen molar-refractivity contribution in [2.75, 3.05) is 16.8 Å². The van der Waals surface area contributed by atoms with E-state index in [9.17, 15) is 14.0 Å². The lowest BCUT2D eigenvalue weighted by Gasteiger charge is -2.18. The van der Waals surface area contributed by atoms with Crippen molar-refractivity contribution in [2.24, 2.45) is 5.92 Å². The standard InChI is InChI=1S/C20H20FN3O2/c21-16-6-1-13(2-7-16)12-22-20(26)23-17-8-5-14-9-10-24(18(14)11-17)19(25)15-3-4-15/h1-2,5-8,11,15H,3-4,9-10,12H2,(H2,22,23,26). The van der Waals surface area contributed by atoms with Gasteiger partial charge in [0.25, 0.3) is 0 Å². The van der Waals surface area contributed by atoms with E-state index in [4.69, 9.17) is 0 Å². The topological polar surface area (TPSA) is 61.4 Å². The van der Waals surface area contributed by atoms with Gasteiger partial charge in [-0.25, -0.2) is 9.18 Å². The molecule has 0 aromatic heterocycles. The zero-order chi connectivity index (χ0) is 18.1. The highest BCUT2D eigenvalue weighted by Crippen LogP contribution is 2.37. The van der Waals surface area contributed by atoms with Crippen LogP contribution in [0.2, 0.25) is 0 Å². The van der Waals surface area contributed by atoms with Gasteiger partial charge in [0.15, 0.2) is 0 Å². The van der Waals surface area contributed by atoms with Gasteiger partial charge in [0.05, 0.1) is 0 Å². The third-order valence-corrected chi connectivity index (χ3v) is 4.80. The van der Waals surface area contributed by atoms with Gasteiger partial charge < -0.3 is 15.5 Å². The first-order chi connectivity index (χ1) is 12.6. The summed E-state index contributed by atoms with van der Waals surface area (Å²) in [7, 11) is 0. The first kappa shape index (κ1) is 16.6. The van der Waals surface area contributed by atoms with Crippen LogP contribution in [0.4, 0.5) is 20.6 Å². The fourth-order valence-corrected chi connectivity index (χ4v) is 3.20. The fourth-order valence-electron chi connectivity index (χ4n) is 3.20. The zero-order valence-electron chi connectivity index (χ0n) is 14.3. The van der Waals surface area contributed by atoms with Crippen LogP contribution in [0.3, 0.4) is 0 Å². The molecule has 1 saturated carbocycles. The Morgan fingerprint density at radius 1 is 1.12 bits per heavy atom. The van der Waals surface area contributed by atoms with Crippen molar-refractivity contribution < 1.29 is 14.0 Å². The summed E-state index contributed by atoms with van der Waals surface area (Å²) in [4.78, 5) is 26.3. The van der Waals surface area contributed by atoms with Gasteiger partial charge in [-0.3, -0.25) is 4.79 Å². The summed E-state index contributed by atoms with van der Waals surface area (Å²) in [6, 6.07) is 11.3. The number of carbonyl (C=O) groups is 2. The van der Waals surface area contributed by atoms with Crippen molar-refractivity contribution in [1.29, 1.82) is 0 Å². The molecule has 2 aliphatic rings. The summed E-state index contributed by atoms with van der Waals surface area (Å²) >= 11 is 0. The summed E-state index contributed by atoms with van der Waals surface area (Å²) in [6.45, 7) is 1.02. The maximum Gasteiger partial charge on any atom is 0.319 e. The smallest absolute Gasteiger partial charge is 0.319 e. The van der Waals surface area contributed by atoms with Crippen LogP contribution >= 0.6 is 0 Å². The molecule has 1 heterocycles. The average Bonchev–Trinajstić information content (AvgIpc) is 3.41. The summed E-state index contributed by atoms with van der Waals surface area (Å²) < 4.78 is 12.9. The van der Waals surface area contributed by atoms with E-state index in [0.29, 0.717) is 18.8 Å². The molecule has 4 rings (SSSR count). The van der Waals surface area contributed by atoms with Gasteiger partial charge in [-0.15, -0.1) is 0 Å². The molecule has 2 aromatic rings. The monoisotopic (exact) mass is 353 g/mol. The number of urea groups is 1. The second kappa shape index (κ2) is 6.78. The van der Waals surface area contributed by atoms with Crippen molar-refractivity contribution in [2.45, 2.75) is 25.8 Å². The van der Waals surface area contributed by atoms with E-state index in [1.165, 1.54) is 12.1 Å². The van der Waals surface area contributed by atoms with Crippen molar-refractivity contribution >= 4 is 23.3 Å². The Kier molecular flexibility index (Phi) is 4.32. The predicted molar refractivity (Wildman–Crippen MR) is 97.5 cm³/mol. The summed E-state index contributed by atoms with van der Waals surface area (Å²) in [5.74, 6) is 0.0693. The minimum absolute atomic E-state index is 0.177. The number of halogens is 1. The van der Waals surface area contributed by atoms with Crippen LogP contribution in [-0.4, -0.2) is 18.5 Å². The van der Waals surface area contributed by atoms with Crippen LogP contribution in [0.25, 0.3) is 0 Å². The second-order valence-corrected chi connectivity index (χ2v) is 6.79. The zero-order valence-corrected chi connectivity index (χ0v) is 14.3. The lowest BCUT2D eigenvalue weighted by atomic mass is 10.1. The van der Waals surface area contributed by atoms with Gasteiger partial charge in [0.2, 0.25) is 5.91 Å². The number of carbonyl (C=O) groups excluding carboxylic acids is 2. The molecule has 2 N–H and O–H groups in total. The van der Waals surface area contributed by atoms with Crippen LogP contribution in [0.5, 0.6) is 0 Å². The van der Waals surface area contributed by atoms with Crippen LogP contribution in [0, 0.1) is 11.7 Å². The number of hydrogen-bond acceptors (Lipinski definition) is 2. The van der Waals surface area contributed by atoms with Crippen molar-refractivity contribution in [3.05, 3.63) is 59.4 Å². The van der Waals surface area contributed by atoms with Gasteiger partial charge in [-0.2, -0.15) is 0 Å². The maximum absolute atomic E-state index is 12.9. The molecule has 0 atom stereocenters. The van der Waals surface area contributed by atoms with E-state index in [1.54, 1.807) is 12.1 Å². The quantitative estimate of drug-likeness (QED) is 0.884. The second-order valence-electron chi connectivity index (χ2n) is 6.79. The molecular formula is C20H20FN3O2. The highest BCUT2D eigenvalue weighted by molar-refractivity contribution is 5.99. The van der Waals surface area contributed by atoms with E-state index in [1.807, 2.05) is 23.1 Å². The Hall–Kier alpha value is -2.89. The number of hydrogen-bond donors (Lipinski definition) is 2. The highest BCUT2D eigenvalue weighted by atomic mass is 19.1. The lowest BCUT2D eigenvalue weighted by molar-refractivity contribution is -0.119. The van der Waals surface area contributed by atoms with Gasteiger partial charge in [-0.1, -0.05) is 18.2 Å². The average molecular weight is 353 g/mol. The molecule has 134 valence electrons. The number of anilines is 2. The summed E-state index contributed by atoms with van der Waals surface area (Å²) in [5, 5.41) is 5.54. The van der Waals surface area contributed by atoms with E-state index in [2.05, 4.69) is 10.6 Å². The molecule has 0 saturated heterocycles. The van der Waals surface area contributed by atoms with Gasteiger partial charge in [0.1, 0.15) is 5.82 Å². The fraction of sp³-hybridized carbons (Fsp3) is 0.300. The predicted octanol–water partition coefficient (Wildman–Crippen LogP) is 3.45. The van der Waals surface area contributed by atoms with Gasteiger partial charge in [-0.05, 0) is 54.7 Å². The Bertz CT molecular complexity index is 847. The third-order valence-electron chi connectivity index (χ3n) is 4.80. The molecule has 0 unspecified atom stereocenters. The Morgan fingerprint density at radius 2 is 1.88 bits per heavy atom. The molecule has 3 amide bonds. The Morgan fingerprint density at radius 3 is 2.62 bits per heavy atom. The van der Waals surface area contributed by atoms with E-state index >= 15 is 0 Å². The number of benzene rings is 2. The molecule has 1 fully saturated rings. The van der Waals surface area contributed by atoms with Gasteiger partial charge >= 0.3 is 6.03 Å². The normalized spacial score (nSPS) is 15.5. The minimum atomic E-state index is -0.340. The molecule has 1 aliphatic heterocycles. The maximum atomic E-state index is 12.9. The number of rotatable bonds is 4. The van der Waals surface area contributed by atoms with Crippen LogP contribution in [0.1, 0.15) is 24.0 Å². The number of nitrogens with one attached hydrogen (secondary N) is 2. The molecule has 0 radical (unpaired) electrons. The van der Waals surface area contributed by atoms with E-state index in [-0.39, 0.29) is 23.7 Å². The minimum Gasteiger partial charge on any atom is -0.334 e. The van der Waals surface area contributed by atoms with Crippen molar-refractivity contribution in [1.82, 2.24) is 5.32 Å². The SMILES string of the molecule is O=C(NCc1ccc(F)cc1)Nc1ccc2c(c1)N(C(=O)C1CC1)CC2. The largest absolute Gasteiger partial charge is 0.334 e. The molecule has 0 bridgehead atoms. The first-order valence-electron chi connectivity index (χ1n) is 8.84. The summed E-state index contributed by atoms with van der Waals surface area (Å²) in [5.41, 5.74) is 3.50. The molecule has 2 aromatic carbocycles. The number of amides is 3. The molecule has 6 heteroatoms. The van der Waals surface area contributed by atoms with Crippen LogP contribution < -0.4 is 15.5 Å². The van der Waals surface area contributed by atoms with Crippen LogP contribution in [0.15, 0.2) is 42.5 Å². The van der Waals surface area contributed by atoms with Crippen molar-refractivity contribution in [3.63, 3.8) is 0 Å². The molecule has 26 heavy (non-hydrogen) atoms.